The first-order chi connectivity index (χ1) is 9.15. The molecule has 0 radical (unpaired) electrons. The third-order valence-electron chi connectivity index (χ3n) is 2.16. The Morgan fingerprint density at radius 3 is 2.84 bits per heavy atom. The van der Waals surface area contributed by atoms with E-state index in [1.54, 1.807) is 24.3 Å². The summed E-state index contributed by atoms with van der Waals surface area (Å²) in [5, 5.41) is 12.0. The number of carbonyl (C=O) groups is 2. The molecular weight excluding hydrogens is 311 g/mol. The molecule has 5 nitrogen and oxygen atoms in total. The molecule has 0 aliphatic rings. The Labute approximate surface area is 118 Å². The van der Waals surface area contributed by atoms with Crippen molar-refractivity contribution >= 4 is 26.8 Å². The van der Waals surface area contributed by atoms with Crippen molar-refractivity contribution in [1.29, 1.82) is 5.26 Å². The Balaban J connectivity index is 2.56. The van der Waals surface area contributed by atoms with Crippen molar-refractivity contribution in [3.05, 3.63) is 29.8 Å². The van der Waals surface area contributed by atoms with Crippen LogP contribution in [0.3, 0.4) is 0 Å². The number of amides is 1. The van der Waals surface area contributed by atoms with Crippen LogP contribution in [0.5, 0.6) is 5.75 Å². The van der Waals surface area contributed by atoms with Crippen LogP contribution in [-0.2, 0) is 4.79 Å². The van der Waals surface area contributed by atoms with Gasteiger partial charge in [0.2, 0.25) is 0 Å². The van der Waals surface area contributed by atoms with Crippen molar-refractivity contribution in [2.24, 2.45) is 0 Å². The van der Waals surface area contributed by atoms with Gasteiger partial charge in [-0.3, -0.25) is 0 Å². The van der Waals surface area contributed by atoms with E-state index in [0.29, 0.717) is 12.1 Å². The quantitative estimate of drug-likeness (QED) is 0.370. The van der Waals surface area contributed by atoms with Gasteiger partial charge in [-0.2, -0.15) is 0 Å². The summed E-state index contributed by atoms with van der Waals surface area (Å²) in [5.41, 5.74) is 0.337. The normalized spacial score (nSPS) is 9.47. The molecule has 1 rings (SSSR count). The van der Waals surface area contributed by atoms with Crippen molar-refractivity contribution in [3.63, 3.8) is 0 Å². The molecule has 0 aliphatic heterocycles. The fourth-order valence-electron chi connectivity index (χ4n) is 1.39. The second kappa shape index (κ2) is 8.30. The van der Waals surface area contributed by atoms with Crippen LogP contribution in [0.2, 0.25) is 5.32 Å². The van der Waals surface area contributed by atoms with Crippen molar-refractivity contribution in [1.82, 2.24) is 5.32 Å². The van der Waals surface area contributed by atoms with E-state index in [0.717, 1.165) is 11.7 Å². The summed E-state index contributed by atoms with van der Waals surface area (Å²) < 4.78 is 4.97. The molecule has 1 N–H and O–H groups in total. The molecule has 0 heterocycles. The minimum absolute atomic E-state index is 0.0135. The molecule has 19 heavy (non-hydrogen) atoms. The molecule has 0 aliphatic carbocycles. The number of ether oxygens (including phenoxy) is 1. The molecule has 0 spiro atoms. The van der Waals surface area contributed by atoms with Crippen LogP contribution in [-0.4, -0.2) is 33.4 Å². The van der Waals surface area contributed by atoms with E-state index in [2.05, 4.69) is 10.3 Å². The molecule has 6 heteroatoms. The predicted molar refractivity (Wildman–Crippen MR) is 70.9 cm³/mol. The molecule has 0 unspecified atom stereocenters. The molecule has 1 aromatic carbocycles. The minimum atomic E-state index is -0.461. The third-order valence-corrected chi connectivity index (χ3v) is 3.46. The van der Waals surface area contributed by atoms with Crippen LogP contribution in [0.25, 0.3) is 0 Å². The summed E-state index contributed by atoms with van der Waals surface area (Å²) >= 11 is -0.0135. The Bertz CT molecular complexity index is 497. The number of benzene rings is 1. The first-order valence-corrected chi connectivity index (χ1v) is 7.78. The summed E-state index contributed by atoms with van der Waals surface area (Å²) in [7, 11) is 0. The van der Waals surface area contributed by atoms with E-state index in [1.165, 1.54) is 6.92 Å². The van der Waals surface area contributed by atoms with Crippen LogP contribution >= 0.6 is 0 Å². The predicted octanol–water partition coefficient (Wildman–Crippen LogP) is 1.34. The summed E-state index contributed by atoms with van der Waals surface area (Å²) in [6.45, 7) is 1.80. The number of rotatable bonds is 6. The number of hydrogen-bond donors (Lipinski definition) is 1. The number of carbonyl (C=O) groups excluding carboxylic acids is 2. The zero-order valence-corrected chi connectivity index (χ0v) is 12.2. The second-order valence-electron chi connectivity index (χ2n) is 3.64. The van der Waals surface area contributed by atoms with E-state index in [4.69, 9.17) is 10.00 Å². The van der Waals surface area contributed by atoms with E-state index < -0.39 is 5.97 Å². The molecule has 1 aromatic rings. The molecule has 1 amide bonds. The molecule has 0 aromatic heterocycles. The van der Waals surface area contributed by atoms with Gasteiger partial charge in [0.25, 0.3) is 0 Å². The van der Waals surface area contributed by atoms with Gasteiger partial charge in [0.15, 0.2) is 0 Å². The molecule has 0 fully saturated rings. The summed E-state index contributed by atoms with van der Waals surface area (Å²) in [5.74, 6) is -0.480. The molecule has 0 saturated carbocycles. The summed E-state index contributed by atoms with van der Waals surface area (Å²) in [6.07, 6.45) is 0.773. The van der Waals surface area contributed by atoms with Crippen LogP contribution in [0.1, 0.15) is 23.7 Å². The first kappa shape index (κ1) is 15.2. The number of nitrogens with zero attached hydrogens (tertiary/aromatic N) is 1. The third kappa shape index (κ3) is 5.56. The van der Waals surface area contributed by atoms with Gasteiger partial charge >= 0.3 is 117 Å². The number of nitriles is 1. The van der Waals surface area contributed by atoms with Crippen LogP contribution in [0.4, 0.5) is 0 Å². The second-order valence-corrected chi connectivity index (χ2v) is 5.48. The maximum atomic E-state index is 11.9. The zero-order chi connectivity index (χ0) is 14.1. The van der Waals surface area contributed by atoms with Gasteiger partial charge < -0.3 is 0 Å². The van der Waals surface area contributed by atoms with Crippen LogP contribution in [0, 0.1) is 10.2 Å². The summed E-state index contributed by atoms with van der Waals surface area (Å²) in [4.78, 5) is 25.0. The van der Waals surface area contributed by atoms with Gasteiger partial charge in [-0.15, -0.1) is 0 Å². The average molecular weight is 325 g/mol. The number of hydrogen-bond acceptors (Lipinski definition) is 4. The molecule has 0 bridgehead atoms. The monoisotopic (exact) mass is 326 g/mol. The SMILES string of the molecule is CC(=O)Oc1ccccc1C(=O)NCCC[Se]C#N. The zero-order valence-electron chi connectivity index (χ0n) is 10.5. The average Bonchev–Trinajstić information content (AvgIpc) is 2.38. The fourth-order valence-corrected chi connectivity index (χ4v) is 2.18. The van der Waals surface area contributed by atoms with E-state index >= 15 is 0 Å². The standard InChI is InChI=1S/C13H14N2O3Se/c1-10(16)18-12-6-3-2-5-11(12)13(17)15-7-4-8-19-9-14/h2-3,5-6H,4,7-8H2,1H3,(H,15,17). The molecule has 0 atom stereocenters. The van der Waals surface area contributed by atoms with Gasteiger partial charge in [0.05, 0.1) is 0 Å². The number of para-hydroxylation sites is 1. The Morgan fingerprint density at radius 1 is 1.42 bits per heavy atom. The first-order valence-electron chi connectivity index (χ1n) is 5.71. The molecule has 0 saturated heterocycles. The van der Waals surface area contributed by atoms with Crippen molar-refractivity contribution < 1.29 is 14.3 Å². The maximum absolute atomic E-state index is 11.9. The number of esters is 1. The fraction of sp³-hybridized carbons (Fsp3) is 0.308. The topological polar surface area (TPSA) is 79.2 Å². The van der Waals surface area contributed by atoms with Gasteiger partial charge in [-0.05, 0) is 0 Å². The van der Waals surface area contributed by atoms with Gasteiger partial charge in [0.1, 0.15) is 0 Å². The van der Waals surface area contributed by atoms with Crippen LogP contribution in [0.15, 0.2) is 24.3 Å². The summed E-state index contributed by atoms with van der Waals surface area (Å²) in [6, 6.07) is 6.59. The number of nitrogens with one attached hydrogen (secondary N) is 1. The van der Waals surface area contributed by atoms with E-state index in [-0.39, 0.29) is 26.6 Å². The van der Waals surface area contributed by atoms with Crippen molar-refractivity contribution in [2.75, 3.05) is 6.54 Å². The van der Waals surface area contributed by atoms with Crippen molar-refractivity contribution in [2.45, 2.75) is 18.7 Å². The van der Waals surface area contributed by atoms with Crippen LogP contribution < -0.4 is 10.1 Å². The molecule has 100 valence electrons. The van der Waals surface area contributed by atoms with E-state index in [9.17, 15) is 9.59 Å². The Hall–Kier alpha value is -1.83. The van der Waals surface area contributed by atoms with Gasteiger partial charge in [-0.25, -0.2) is 0 Å². The molecular formula is C13H14N2O3Se. The van der Waals surface area contributed by atoms with Crippen molar-refractivity contribution in [3.8, 4) is 10.7 Å². The van der Waals surface area contributed by atoms with Gasteiger partial charge in [-0.1, -0.05) is 0 Å². The Morgan fingerprint density at radius 2 is 2.16 bits per heavy atom. The Kier molecular flexibility index (Phi) is 6.65. The van der Waals surface area contributed by atoms with Gasteiger partial charge in [0, 0.05) is 0 Å². The van der Waals surface area contributed by atoms with E-state index in [1.807, 2.05) is 0 Å².